The average Bonchev–Trinajstić information content (AvgIpc) is 3.48. The summed E-state index contributed by atoms with van der Waals surface area (Å²) in [7, 11) is 0. The van der Waals surface area contributed by atoms with E-state index in [4.69, 9.17) is 11.6 Å². The van der Waals surface area contributed by atoms with Gasteiger partial charge in [-0.05, 0) is 55.3 Å². The number of halogens is 1. The lowest BCUT2D eigenvalue weighted by atomic mass is 9.69. The van der Waals surface area contributed by atoms with Crippen LogP contribution in [0.25, 0.3) is 0 Å². The smallest absolute Gasteiger partial charge is 0.250 e. The first-order valence-electron chi connectivity index (χ1n) is 11.0. The summed E-state index contributed by atoms with van der Waals surface area (Å²) in [5.74, 6) is -0.933. The summed E-state index contributed by atoms with van der Waals surface area (Å²) in [6.45, 7) is 0.780. The normalized spacial score (nSPS) is 28.5. The Hall–Kier alpha value is -3.02. The highest BCUT2D eigenvalue weighted by molar-refractivity contribution is 6.30. The van der Waals surface area contributed by atoms with Crippen molar-refractivity contribution in [3.05, 3.63) is 94.8 Å². The highest BCUT2D eigenvalue weighted by Gasteiger charge is 2.69. The highest BCUT2D eigenvalue weighted by atomic mass is 35.5. The second kappa shape index (κ2) is 7.26. The lowest BCUT2D eigenvalue weighted by Gasteiger charge is -2.36. The lowest BCUT2D eigenvalue weighted by molar-refractivity contribution is -0.127. The largest absolute Gasteiger partial charge is 0.324 e. The Bertz CT molecular complexity index is 1210. The number of hydrogen-bond donors (Lipinski definition) is 1. The van der Waals surface area contributed by atoms with Gasteiger partial charge in [-0.3, -0.25) is 19.5 Å². The molecule has 0 saturated carbocycles. The Balaban J connectivity index is 1.62. The Morgan fingerprint density at radius 1 is 1.06 bits per heavy atom. The first-order chi connectivity index (χ1) is 15.6. The van der Waals surface area contributed by atoms with Gasteiger partial charge in [0, 0.05) is 34.4 Å². The van der Waals surface area contributed by atoms with Crippen molar-refractivity contribution < 1.29 is 9.59 Å². The molecule has 4 heterocycles. The number of carbonyl (C=O) groups is 2. The zero-order valence-corrected chi connectivity index (χ0v) is 18.1. The Labute approximate surface area is 191 Å². The maximum absolute atomic E-state index is 14.2. The molecule has 1 spiro atoms. The van der Waals surface area contributed by atoms with Crippen LogP contribution < -0.4 is 5.32 Å². The number of para-hydroxylation sites is 1. The SMILES string of the molecule is O=C(c1ccccn1)[C@@H]1[C@H](c2ccc(Cl)cc2)[C@@H]2CCCN2[C@@]12C(=O)Nc1ccccc12. The maximum atomic E-state index is 14.2. The van der Waals surface area contributed by atoms with Crippen LogP contribution in [0.3, 0.4) is 0 Å². The second-order valence-corrected chi connectivity index (χ2v) is 9.24. The number of fused-ring (bicyclic) bond motifs is 4. The minimum absolute atomic E-state index is 0.0887. The number of aromatic nitrogens is 1. The van der Waals surface area contributed by atoms with E-state index in [0.717, 1.165) is 36.2 Å². The summed E-state index contributed by atoms with van der Waals surface area (Å²) < 4.78 is 0. The molecule has 3 aliphatic rings. The van der Waals surface area contributed by atoms with Crippen molar-refractivity contribution in [2.75, 3.05) is 11.9 Å². The molecule has 2 saturated heterocycles. The maximum Gasteiger partial charge on any atom is 0.250 e. The summed E-state index contributed by atoms with van der Waals surface area (Å²) in [5, 5.41) is 3.74. The van der Waals surface area contributed by atoms with E-state index in [1.54, 1.807) is 18.3 Å². The topological polar surface area (TPSA) is 62.3 Å². The molecule has 32 heavy (non-hydrogen) atoms. The molecule has 0 unspecified atom stereocenters. The zero-order valence-electron chi connectivity index (χ0n) is 17.4. The van der Waals surface area contributed by atoms with Crippen LogP contribution in [0.4, 0.5) is 5.69 Å². The third-order valence-corrected chi connectivity index (χ3v) is 7.61. The number of amides is 1. The fourth-order valence-corrected chi connectivity index (χ4v) is 6.37. The Morgan fingerprint density at radius 2 is 1.84 bits per heavy atom. The van der Waals surface area contributed by atoms with Gasteiger partial charge in [0.15, 0.2) is 5.78 Å². The van der Waals surface area contributed by atoms with E-state index in [9.17, 15) is 9.59 Å². The molecule has 6 rings (SSSR count). The van der Waals surface area contributed by atoms with Gasteiger partial charge in [-0.1, -0.05) is 48.0 Å². The molecule has 160 valence electrons. The quantitative estimate of drug-likeness (QED) is 0.599. The molecular weight excluding hydrogens is 422 g/mol. The van der Waals surface area contributed by atoms with Gasteiger partial charge in [0.1, 0.15) is 11.2 Å². The van der Waals surface area contributed by atoms with E-state index in [-0.39, 0.29) is 23.7 Å². The molecule has 2 fully saturated rings. The van der Waals surface area contributed by atoms with Crippen LogP contribution in [0.5, 0.6) is 0 Å². The van der Waals surface area contributed by atoms with Gasteiger partial charge in [-0.25, -0.2) is 0 Å². The monoisotopic (exact) mass is 443 g/mol. The predicted octanol–water partition coefficient (Wildman–Crippen LogP) is 4.64. The third-order valence-electron chi connectivity index (χ3n) is 7.36. The van der Waals surface area contributed by atoms with E-state index in [1.165, 1.54) is 0 Å². The van der Waals surface area contributed by atoms with Gasteiger partial charge < -0.3 is 5.32 Å². The molecule has 6 heteroatoms. The number of nitrogens with one attached hydrogen (secondary N) is 1. The van der Waals surface area contributed by atoms with Gasteiger partial charge >= 0.3 is 0 Å². The molecule has 4 atom stereocenters. The predicted molar refractivity (Wildman–Crippen MR) is 123 cm³/mol. The van der Waals surface area contributed by atoms with Gasteiger partial charge in [0.05, 0.1) is 5.92 Å². The van der Waals surface area contributed by atoms with Crippen LogP contribution in [-0.4, -0.2) is 34.2 Å². The van der Waals surface area contributed by atoms with Crippen molar-refractivity contribution in [1.82, 2.24) is 9.88 Å². The van der Waals surface area contributed by atoms with Crippen molar-refractivity contribution in [2.45, 2.75) is 30.3 Å². The van der Waals surface area contributed by atoms with Crippen LogP contribution in [0.1, 0.15) is 40.4 Å². The van der Waals surface area contributed by atoms with Crippen molar-refractivity contribution in [3.8, 4) is 0 Å². The van der Waals surface area contributed by atoms with Gasteiger partial charge in [-0.15, -0.1) is 0 Å². The minimum Gasteiger partial charge on any atom is -0.324 e. The summed E-state index contributed by atoms with van der Waals surface area (Å²) in [6.07, 6.45) is 3.57. The third kappa shape index (κ3) is 2.58. The molecule has 0 aliphatic carbocycles. The van der Waals surface area contributed by atoms with Crippen LogP contribution in [0, 0.1) is 5.92 Å². The molecule has 1 amide bonds. The number of benzene rings is 2. The Morgan fingerprint density at radius 3 is 2.62 bits per heavy atom. The van der Waals surface area contributed by atoms with E-state index in [0.29, 0.717) is 10.7 Å². The molecule has 1 N–H and O–H groups in total. The highest BCUT2D eigenvalue weighted by Crippen LogP contribution is 2.61. The number of anilines is 1. The number of carbonyl (C=O) groups excluding carboxylic acids is 2. The zero-order chi connectivity index (χ0) is 21.9. The van der Waals surface area contributed by atoms with Crippen molar-refractivity contribution in [2.24, 2.45) is 5.92 Å². The van der Waals surface area contributed by atoms with E-state index < -0.39 is 11.5 Å². The Kier molecular flexibility index (Phi) is 4.46. The summed E-state index contributed by atoms with van der Waals surface area (Å²) in [4.78, 5) is 34.6. The fraction of sp³-hybridized carbons (Fsp3) is 0.269. The van der Waals surface area contributed by atoms with E-state index in [2.05, 4.69) is 15.2 Å². The van der Waals surface area contributed by atoms with Gasteiger partial charge in [-0.2, -0.15) is 0 Å². The number of pyridine rings is 1. The van der Waals surface area contributed by atoms with Crippen LogP contribution in [0.2, 0.25) is 5.02 Å². The number of nitrogens with zero attached hydrogens (tertiary/aromatic N) is 2. The number of Topliss-reactive ketones (excluding diaryl/α,β-unsaturated/α-hetero) is 1. The summed E-state index contributed by atoms with van der Waals surface area (Å²) >= 11 is 6.18. The lowest BCUT2D eigenvalue weighted by Crippen LogP contribution is -2.53. The summed E-state index contributed by atoms with van der Waals surface area (Å²) in [5.41, 5.74) is 2.07. The van der Waals surface area contributed by atoms with Crippen LogP contribution in [0.15, 0.2) is 72.9 Å². The first-order valence-corrected chi connectivity index (χ1v) is 11.4. The van der Waals surface area contributed by atoms with Crippen molar-refractivity contribution >= 4 is 29.0 Å². The van der Waals surface area contributed by atoms with E-state index >= 15 is 0 Å². The minimum atomic E-state index is -1.04. The molecule has 3 aliphatic heterocycles. The van der Waals surface area contributed by atoms with Crippen molar-refractivity contribution in [1.29, 1.82) is 0 Å². The number of hydrogen-bond acceptors (Lipinski definition) is 4. The molecule has 0 bridgehead atoms. The standard InChI is InChI=1S/C26H22ClN3O2/c27-17-12-10-16(11-13-17)22-21-9-5-15-30(21)26(18-6-1-2-7-19(18)29-25(26)32)23(22)24(31)20-8-3-4-14-28-20/h1-4,6-8,10-14,21-23H,5,9,15H2,(H,29,32)/t21-,22+,23-,26+/m0/s1. The van der Waals surface area contributed by atoms with Crippen LogP contribution >= 0.6 is 11.6 Å². The molecular formula is C26H22ClN3O2. The van der Waals surface area contributed by atoms with Gasteiger partial charge in [0.2, 0.25) is 5.91 Å². The van der Waals surface area contributed by atoms with E-state index in [1.807, 2.05) is 54.6 Å². The molecule has 2 aromatic carbocycles. The summed E-state index contributed by atoms with van der Waals surface area (Å²) in [6, 6.07) is 21.0. The fourth-order valence-electron chi connectivity index (χ4n) is 6.24. The van der Waals surface area contributed by atoms with Gasteiger partial charge in [0.25, 0.3) is 0 Å². The molecule has 5 nitrogen and oxygen atoms in total. The second-order valence-electron chi connectivity index (χ2n) is 8.80. The number of ketones is 1. The molecule has 1 aromatic heterocycles. The molecule has 3 aromatic rings. The van der Waals surface area contributed by atoms with Crippen molar-refractivity contribution in [3.63, 3.8) is 0 Å². The molecule has 0 radical (unpaired) electrons. The average molecular weight is 444 g/mol. The first kappa shape index (κ1) is 19.6. The van der Waals surface area contributed by atoms with Crippen LogP contribution in [-0.2, 0) is 10.3 Å². The number of rotatable bonds is 3.